The first-order chi connectivity index (χ1) is 11.7. The summed E-state index contributed by atoms with van der Waals surface area (Å²) in [5, 5.41) is 0. The van der Waals surface area contributed by atoms with Crippen LogP contribution < -0.4 is 0 Å². The molecule has 0 saturated carbocycles. The molecule has 1 atom stereocenters. The van der Waals surface area contributed by atoms with E-state index in [9.17, 15) is 0 Å². The molecule has 2 heteroatoms. The molecule has 3 rings (SSSR count). The van der Waals surface area contributed by atoms with Gasteiger partial charge in [0.1, 0.15) is 5.82 Å². The van der Waals surface area contributed by atoms with Crippen molar-refractivity contribution < 1.29 is 0 Å². The predicted molar refractivity (Wildman–Crippen MR) is 108 cm³/mol. The van der Waals surface area contributed by atoms with Crippen molar-refractivity contribution in [2.24, 2.45) is 5.41 Å². The van der Waals surface area contributed by atoms with Gasteiger partial charge < -0.3 is 9.80 Å². The van der Waals surface area contributed by atoms with Crippen molar-refractivity contribution in [3.63, 3.8) is 0 Å². The maximum atomic E-state index is 4.50. The number of hydrogen-bond acceptors (Lipinski definition) is 2. The van der Waals surface area contributed by atoms with E-state index in [4.69, 9.17) is 0 Å². The van der Waals surface area contributed by atoms with E-state index in [2.05, 4.69) is 87.1 Å². The van der Waals surface area contributed by atoms with Crippen LogP contribution in [0.4, 0.5) is 0 Å². The summed E-state index contributed by atoms with van der Waals surface area (Å²) in [4.78, 5) is 4.80. The first kappa shape index (κ1) is 17.8. The molecule has 3 aliphatic rings. The van der Waals surface area contributed by atoms with Crippen LogP contribution in [0.15, 0.2) is 72.3 Å². The van der Waals surface area contributed by atoms with E-state index >= 15 is 0 Å². The summed E-state index contributed by atoms with van der Waals surface area (Å²) in [6.07, 6.45) is 16.7. The van der Waals surface area contributed by atoms with E-state index in [0.29, 0.717) is 0 Å². The topological polar surface area (TPSA) is 6.48 Å². The van der Waals surface area contributed by atoms with E-state index in [1.165, 1.54) is 24.0 Å². The monoisotopic (exact) mass is 336 g/mol. The Morgan fingerprint density at radius 1 is 1.16 bits per heavy atom. The van der Waals surface area contributed by atoms with Crippen LogP contribution in [0.25, 0.3) is 0 Å². The molecule has 1 fully saturated rings. The Morgan fingerprint density at radius 3 is 2.52 bits per heavy atom. The van der Waals surface area contributed by atoms with Crippen LogP contribution in [0.3, 0.4) is 0 Å². The minimum Gasteiger partial charge on any atom is -0.352 e. The largest absolute Gasteiger partial charge is 0.352 e. The van der Waals surface area contributed by atoms with Crippen molar-refractivity contribution in [3.8, 4) is 0 Å². The first-order valence-electron chi connectivity index (χ1n) is 9.36. The van der Waals surface area contributed by atoms with E-state index < -0.39 is 0 Å². The standard InChI is InChI=1S/C23H32N2/c1-18-10-12-21(13-11-18)16-24-17-22(4,5)25(20(24)3)19(2)23(6)14-8-7-9-15-23/h7-10,12,14H,2-3,11,13,15-17H2,1,4-6H3. The molecular weight excluding hydrogens is 304 g/mol. The third kappa shape index (κ3) is 3.40. The zero-order valence-electron chi connectivity index (χ0n) is 16.3. The summed E-state index contributed by atoms with van der Waals surface area (Å²) >= 11 is 0. The van der Waals surface area contributed by atoms with Gasteiger partial charge >= 0.3 is 0 Å². The molecule has 1 aliphatic heterocycles. The highest BCUT2D eigenvalue weighted by Gasteiger charge is 2.44. The van der Waals surface area contributed by atoms with Gasteiger partial charge in [0, 0.05) is 24.2 Å². The van der Waals surface area contributed by atoms with Gasteiger partial charge in [0.25, 0.3) is 0 Å². The third-order valence-electron chi connectivity index (χ3n) is 5.83. The second kappa shape index (κ2) is 6.40. The van der Waals surface area contributed by atoms with Crippen LogP contribution in [0.1, 0.15) is 47.0 Å². The van der Waals surface area contributed by atoms with E-state index in [0.717, 1.165) is 31.0 Å². The summed E-state index contributed by atoms with van der Waals surface area (Å²) in [6, 6.07) is 0. The molecule has 0 aromatic carbocycles. The lowest BCUT2D eigenvalue weighted by Gasteiger charge is -2.41. The smallest absolute Gasteiger partial charge is 0.102 e. The Balaban J connectivity index is 1.79. The zero-order valence-corrected chi connectivity index (χ0v) is 16.3. The Hall–Kier alpha value is -1.96. The Kier molecular flexibility index (Phi) is 4.57. The quantitative estimate of drug-likeness (QED) is 0.663. The minimum atomic E-state index is -0.0328. The van der Waals surface area contributed by atoms with Crippen molar-refractivity contribution in [2.45, 2.75) is 52.5 Å². The van der Waals surface area contributed by atoms with E-state index in [-0.39, 0.29) is 11.0 Å². The van der Waals surface area contributed by atoms with Gasteiger partial charge in [-0.1, -0.05) is 67.7 Å². The highest BCUT2D eigenvalue weighted by molar-refractivity contribution is 5.32. The average molecular weight is 337 g/mol. The highest BCUT2D eigenvalue weighted by Crippen LogP contribution is 2.44. The van der Waals surface area contributed by atoms with Gasteiger partial charge in [-0.25, -0.2) is 0 Å². The molecule has 2 aliphatic carbocycles. The van der Waals surface area contributed by atoms with Gasteiger partial charge in [-0.3, -0.25) is 0 Å². The molecule has 0 bridgehead atoms. The highest BCUT2D eigenvalue weighted by atomic mass is 15.4. The molecule has 0 spiro atoms. The van der Waals surface area contributed by atoms with Crippen LogP contribution in [-0.2, 0) is 0 Å². The second-order valence-electron chi connectivity index (χ2n) is 8.61. The van der Waals surface area contributed by atoms with Gasteiger partial charge in [0.05, 0.1) is 5.54 Å². The van der Waals surface area contributed by atoms with Crippen LogP contribution in [-0.4, -0.2) is 28.4 Å². The summed E-state index contributed by atoms with van der Waals surface area (Å²) in [5.74, 6) is 1.09. The van der Waals surface area contributed by atoms with E-state index in [1.807, 2.05) is 0 Å². The van der Waals surface area contributed by atoms with Gasteiger partial charge in [-0.05, 0) is 40.0 Å². The third-order valence-corrected chi connectivity index (χ3v) is 5.83. The molecule has 25 heavy (non-hydrogen) atoms. The van der Waals surface area contributed by atoms with Crippen molar-refractivity contribution in [1.29, 1.82) is 0 Å². The molecule has 1 unspecified atom stereocenters. The number of rotatable bonds is 4. The molecule has 2 nitrogen and oxygen atoms in total. The summed E-state index contributed by atoms with van der Waals surface area (Å²) in [5.41, 5.74) is 4.10. The van der Waals surface area contributed by atoms with Crippen LogP contribution in [0, 0.1) is 5.41 Å². The molecule has 134 valence electrons. The van der Waals surface area contributed by atoms with Crippen molar-refractivity contribution in [2.75, 3.05) is 13.1 Å². The molecule has 0 aromatic heterocycles. The van der Waals surface area contributed by atoms with Gasteiger partial charge in [0.15, 0.2) is 0 Å². The van der Waals surface area contributed by atoms with Crippen molar-refractivity contribution in [1.82, 2.24) is 9.80 Å². The lowest BCUT2D eigenvalue weighted by Crippen LogP contribution is -2.42. The van der Waals surface area contributed by atoms with Crippen LogP contribution >= 0.6 is 0 Å². The Labute approximate surface area is 153 Å². The zero-order chi connectivity index (χ0) is 18.2. The lowest BCUT2D eigenvalue weighted by molar-refractivity contribution is 0.226. The Morgan fingerprint density at radius 2 is 1.92 bits per heavy atom. The fraction of sp³-hybridized carbons (Fsp3) is 0.478. The fourth-order valence-corrected chi connectivity index (χ4v) is 4.15. The van der Waals surface area contributed by atoms with Gasteiger partial charge in [-0.15, -0.1) is 0 Å². The maximum absolute atomic E-state index is 4.50. The Bertz CT molecular complexity index is 702. The molecule has 0 amide bonds. The molecule has 1 heterocycles. The molecule has 0 N–H and O–H groups in total. The minimum absolute atomic E-state index is 0.00710. The van der Waals surface area contributed by atoms with Crippen molar-refractivity contribution >= 4 is 0 Å². The molecule has 1 saturated heterocycles. The number of hydrogen-bond donors (Lipinski definition) is 0. The van der Waals surface area contributed by atoms with E-state index in [1.54, 1.807) is 0 Å². The summed E-state index contributed by atoms with van der Waals surface area (Å²) in [6.45, 7) is 20.0. The van der Waals surface area contributed by atoms with Gasteiger partial charge in [0.2, 0.25) is 0 Å². The van der Waals surface area contributed by atoms with Crippen molar-refractivity contribution in [3.05, 3.63) is 72.3 Å². The summed E-state index contributed by atoms with van der Waals surface area (Å²) < 4.78 is 0. The summed E-state index contributed by atoms with van der Waals surface area (Å²) in [7, 11) is 0. The first-order valence-corrected chi connectivity index (χ1v) is 9.36. The second-order valence-corrected chi connectivity index (χ2v) is 8.61. The molecule has 0 aromatic rings. The van der Waals surface area contributed by atoms with Crippen LogP contribution in [0.5, 0.6) is 0 Å². The molecular formula is C23H32N2. The number of nitrogens with zero attached hydrogens (tertiary/aromatic N) is 2. The average Bonchev–Trinajstić information content (AvgIpc) is 2.78. The SMILES string of the molecule is C=C1N(CC2=CC=C(C)CC2)CC(C)(C)N1C(=C)C1(C)C=CC=CC1. The van der Waals surface area contributed by atoms with Crippen LogP contribution in [0.2, 0.25) is 0 Å². The lowest BCUT2D eigenvalue weighted by atomic mass is 9.79. The normalized spacial score (nSPS) is 28.2. The molecule has 0 radical (unpaired) electrons. The predicted octanol–water partition coefficient (Wildman–Crippen LogP) is 5.56. The maximum Gasteiger partial charge on any atom is 0.102 e. The fourth-order valence-electron chi connectivity index (χ4n) is 4.15. The number of allylic oxidation sites excluding steroid dienone is 7. The van der Waals surface area contributed by atoms with Gasteiger partial charge in [-0.2, -0.15) is 0 Å².